The number of nitrogens with two attached hydrogens (primary N) is 1. The summed E-state index contributed by atoms with van der Waals surface area (Å²) in [6, 6.07) is 5.86. The van der Waals surface area contributed by atoms with E-state index in [-0.39, 0.29) is 6.04 Å². The van der Waals surface area contributed by atoms with Crippen molar-refractivity contribution >= 4 is 27.5 Å². The summed E-state index contributed by atoms with van der Waals surface area (Å²) in [7, 11) is 1.90. The molecule has 4 nitrogen and oxygen atoms in total. The fourth-order valence-electron chi connectivity index (χ4n) is 2.13. The molecule has 0 saturated heterocycles. The van der Waals surface area contributed by atoms with Crippen molar-refractivity contribution in [1.82, 2.24) is 15.2 Å². The van der Waals surface area contributed by atoms with Gasteiger partial charge in [0.1, 0.15) is 0 Å². The monoisotopic (exact) mass is 342 g/mol. The van der Waals surface area contributed by atoms with Crippen LogP contribution in [0.2, 0.25) is 5.02 Å². The highest BCUT2D eigenvalue weighted by Crippen LogP contribution is 2.27. The zero-order chi connectivity index (χ0) is 14.0. The first kappa shape index (κ1) is 14.5. The molecule has 0 aliphatic heterocycles. The van der Waals surface area contributed by atoms with E-state index in [0.29, 0.717) is 0 Å². The van der Waals surface area contributed by atoms with Crippen LogP contribution in [-0.2, 0) is 13.5 Å². The molecule has 2 aromatic rings. The van der Waals surface area contributed by atoms with Crippen LogP contribution < -0.4 is 11.3 Å². The summed E-state index contributed by atoms with van der Waals surface area (Å²) in [5.41, 5.74) is 5.95. The molecule has 1 aromatic carbocycles. The van der Waals surface area contributed by atoms with Crippen molar-refractivity contribution in [2.75, 3.05) is 0 Å². The van der Waals surface area contributed by atoms with Crippen molar-refractivity contribution in [2.45, 2.75) is 19.4 Å². The minimum atomic E-state index is -0.00706. The van der Waals surface area contributed by atoms with Crippen LogP contribution in [0.5, 0.6) is 0 Å². The molecule has 0 amide bonds. The molecule has 0 spiro atoms. The lowest BCUT2D eigenvalue weighted by Crippen LogP contribution is -2.29. The molecule has 0 aliphatic rings. The van der Waals surface area contributed by atoms with Gasteiger partial charge in [-0.1, -0.05) is 33.6 Å². The maximum Gasteiger partial charge on any atom is 0.0642 e. The molecule has 19 heavy (non-hydrogen) atoms. The molecule has 1 unspecified atom stereocenters. The van der Waals surface area contributed by atoms with Gasteiger partial charge in [-0.25, -0.2) is 0 Å². The van der Waals surface area contributed by atoms with Crippen LogP contribution in [-0.4, -0.2) is 9.78 Å². The molecule has 0 bridgehead atoms. The second-order valence-electron chi connectivity index (χ2n) is 4.50. The van der Waals surface area contributed by atoms with E-state index in [4.69, 9.17) is 17.4 Å². The van der Waals surface area contributed by atoms with Gasteiger partial charge in [-0.05, 0) is 31.0 Å². The minimum Gasteiger partial charge on any atom is -0.275 e. The second kappa shape index (κ2) is 6.05. The number of nitrogens with zero attached hydrogens (tertiary/aromatic N) is 2. The molecule has 0 radical (unpaired) electrons. The van der Waals surface area contributed by atoms with E-state index < -0.39 is 0 Å². The Balaban J connectivity index is 2.26. The molecular formula is C13H16BrClN4. The topological polar surface area (TPSA) is 55.9 Å². The van der Waals surface area contributed by atoms with Gasteiger partial charge in [0.2, 0.25) is 0 Å². The Morgan fingerprint density at radius 2 is 2.26 bits per heavy atom. The van der Waals surface area contributed by atoms with Gasteiger partial charge >= 0.3 is 0 Å². The lowest BCUT2D eigenvalue weighted by molar-refractivity contribution is 0.549. The van der Waals surface area contributed by atoms with Gasteiger partial charge in [-0.2, -0.15) is 5.10 Å². The van der Waals surface area contributed by atoms with Crippen LogP contribution >= 0.6 is 27.5 Å². The molecule has 1 aromatic heterocycles. The molecule has 6 heteroatoms. The number of aryl methyl sites for hydroxylation is 2. The average Bonchev–Trinajstić information content (AvgIpc) is 2.68. The zero-order valence-electron chi connectivity index (χ0n) is 10.8. The maximum atomic E-state index is 6.24. The summed E-state index contributed by atoms with van der Waals surface area (Å²) in [5, 5.41) is 5.07. The standard InChI is InChI=1S/C13H16BrClN4/c1-8-11(7-19(2)18-8)13(17-16)5-9-3-4-10(14)6-12(9)15/h3-4,6-7,13,17H,5,16H2,1-2H3. The maximum absolute atomic E-state index is 6.24. The first-order valence-electron chi connectivity index (χ1n) is 5.91. The van der Waals surface area contributed by atoms with Gasteiger partial charge in [0.25, 0.3) is 0 Å². The number of benzene rings is 1. The van der Waals surface area contributed by atoms with E-state index in [1.807, 2.05) is 38.4 Å². The summed E-state index contributed by atoms with van der Waals surface area (Å²) in [6.07, 6.45) is 2.70. The van der Waals surface area contributed by atoms with E-state index >= 15 is 0 Å². The highest BCUT2D eigenvalue weighted by Gasteiger charge is 2.17. The first-order valence-corrected chi connectivity index (χ1v) is 7.08. The number of halogens is 2. The minimum absolute atomic E-state index is 0.00706. The smallest absolute Gasteiger partial charge is 0.0642 e. The van der Waals surface area contributed by atoms with E-state index in [2.05, 4.69) is 26.5 Å². The second-order valence-corrected chi connectivity index (χ2v) is 5.83. The Labute approximate surface area is 126 Å². The van der Waals surface area contributed by atoms with Crippen LogP contribution in [0.15, 0.2) is 28.9 Å². The Hall–Kier alpha value is -0.880. The number of hydrogen-bond donors (Lipinski definition) is 2. The molecule has 0 fully saturated rings. The van der Waals surface area contributed by atoms with Crippen molar-refractivity contribution in [1.29, 1.82) is 0 Å². The zero-order valence-corrected chi connectivity index (χ0v) is 13.2. The van der Waals surface area contributed by atoms with Crippen LogP contribution in [0.1, 0.15) is 22.9 Å². The van der Waals surface area contributed by atoms with E-state index in [0.717, 1.165) is 32.7 Å². The van der Waals surface area contributed by atoms with E-state index in [1.165, 1.54) is 0 Å². The van der Waals surface area contributed by atoms with Crippen LogP contribution in [0.4, 0.5) is 0 Å². The highest BCUT2D eigenvalue weighted by molar-refractivity contribution is 9.10. The number of hydrazine groups is 1. The first-order chi connectivity index (χ1) is 9.01. The Kier molecular flexibility index (Phi) is 4.62. The lowest BCUT2D eigenvalue weighted by atomic mass is 10.00. The van der Waals surface area contributed by atoms with Crippen molar-refractivity contribution < 1.29 is 0 Å². The normalized spacial score (nSPS) is 12.7. The molecule has 0 aliphatic carbocycles. The summed E-state index contributed by atoms with van der Waals surface area (Å²) in [4.78, 5) is 0. The summed E-state index contributed by atoms with van der Waals surface area (Å²) >= 11 is 9.64. The summed E-state index contributed by atoms with van der Waals surface area (Å²) in [5.74, 6) is 5.67. The fourth-order valence-corrected chi connectivity index (χ4v) is 2.88. The van der Waals surface area contributed by atoms with Crippen LogP contribution in [0.25, 0.3) is 0 Å². The van der Waals surface area contributed by atoms with Gasteiger partial charge in [0.15, 0.2) is 0 Å². The van der Waals surface area contributed by atoms with Crippen molar-refractivity contribution in [3.8, 4) is 0 Å². The number of hydrogen-bond acceptors (Lipinski definition) is 3. The fraction of sp³-hybridized carbons (Fsp3) is 0.308. The van der Waals surface area contributed by atoms with Crippen molar-refractivity contribution in [3.05, 3.63) is 50.7 Å². The van der Waals surface area contributed by atoms with E-state index in [1.54, 1.807) is 4.68 Å². The third-order valence-electron chi connectivity index (χ3n) is 3.07. The lowest BCUT2D eigenvalue weighted by Gasteiger charge is -2.16. The Morgan fingerprint density at radius 3 is 2.79 bits per heavy atom. The van der Waals surface area contributed by atoms with E-state index in [9.17, 15) is 0 Å². The number of rotatable bonds is 4. The van der Waals surface area contributed by atoms with Crippen molar-refractivity contribution in [2.24, 2.45) is 12.9 Å². The van der Waals surface area contributed by atoms with Gasteiger partial charge in [0, 0.05) is 28.3 Å². The van der Waals surface area contributed by atoms with Crippen LogP contribution in [0.3, 0.4) is 0 Å². The molecule has 1 atom stereocenters. The molecular weight excluding hydrogens is 328 g/mol. The predicted octanol–water partition coefficient (Wildman–Crippen LogP) is 2.89. The highest BCUT2D eigenvalue weighted by atomic mass is 79.9. The van der Waals surface area contributed by atoms with Crippen LogP contribution in [0, 0.1) is 6.92 Å². The van der Waals surface area contributed by atoms with Gasteiger partial charge in [-0.3, -0.25) is 16.0 Å². The molecule has 0 saturated carbocycles. The van der Waals surface area contributed by atoms with Gasteiger partial charge in [-0.15, -0.1) is 0 Å². The largest absolute Gasteiger partial charge is 0.275 e. The van der Waals surface area contributed by atoms with Gasteiger partial charge in [0.05, 0.1) is 11.7 Å². The Bertz CT molecular complexity index is 582. The molecule has 2 rings (SSSR count). The predicted molar refractivity (Wildman–Crippen MR) is 80.9 cm³/mol. The Morgan fingerprint density at radius 1 is 1.53 bits per heavy atom. The molecule has 102 valence electrons. The molecule has 3 N–H and O–H groups in total. The molecule has 1 heterocycles. The quantitative estimate of drug-likeness (QED) is 0.663. The average molecular weight is 344 g/mol. The number of aromatic nitrogens is 2. The summed E-state index contributed by atoms with van der Waals surface area (Å²) in [6.45, 7) is 1.98. The third-order valence-corrected chi connectivity index (χ3v) is 3.91. The number of nitrogens with one attached hydrogen (secondary N) is 1. The van der Waals surface area contributed by atoms with Gasteiger partial charge < -0.3 is 0 Å². The van der Waals surface area contributed by atoms with Crippen molar-refractivity contribution in [3.63, 3.8) is 0 Å². The third kappa shape index (κ3) is 3.36. The summed E-state index contributed by atoms with van der Waals surface area (Å²) < 4.78 is 2.76. The SMILES string of the molecule is Cc1nn(C)cc1C(Cc1ccc(Br)cc1Cl)NN.